The Morgan fingerprint density at radius 3 is 2.87 bits per heavy atom. The van der Waals surface area contributed by atoms with Gasteiger partial charge in [-0.15, -0.1) is 10.2 Å². The summed E-state index contributed by atoms with van der Waals surface area (Å²) in [4.78, 5) is 14.7. The van der Waals surface area contributed by atoms with Crippen LogP contribution >= 0.6 is 0 Å². The molecule has 2 aliphatic heterocycles. The average Bonchev–Trinajstić information content (AvgIpc) is 3.49. The highest BCUT2D eigenvalue weighted by molar-refractivity contribution is 5.94. The van der Waals surface area contributed by atoms with E-state index in [-0.39, 0.29) is 18.8 Å². The van der Waals surface area contributed by atoms with Crippen LogP contribution in [-0.4, -0.2) is 70.6 Å². The fourth-order valence-electron chi connectivity index (χ4n) is 3.39. The largest absolute Gasteiger partial charge is 0.491 e. The van der Waals surface area contributed by atoms with E-state index in [1.807, 2.05) is 12.1 Å². The molecular formula is C20H19N5O5. The minimum absolute atomic E-state index is 0.0500. The second-order valence-corrected chi connectivity index (χ2v) is 6.88. The fourth-order valence-corrected chi connectivity index (χ4v) is 3.39. The number of nitrogens with zero attached hydrogens (tertiary/aromatic N) is 4. The van der Waals surface area contributed by atoms with Crippen molar-refractivity contribution in [3.05, 3.63) is 48.0 Å². The van der Waals surface area contributed by atoms with E-state index in [0.29, 0.717) is 54.9 Å². The van der Waals surface area contributed by atoms with Crippen molar-refractivity contribution in [3.63, 3.8) is 0 Å². The summed E-state index contributed by atoms with van der Waals surface area (Å²) in [6.45, 7) is 2.00. The Balaban J connectivity index is 1.19. The van der Waals surface area contributed by atoms with Crippen LogP contribution in [-0.2, 0) is 4.74 Å². The number of aromatic amines is 1. The molecule has 0 bridgehead atoms. The minimum atomic E-state index is -0.216. The zero-order valence-electron chi connectivity index (χ0n) is 16.0. The normalized spacial score (nSPS) is 17.7. The summed E-state index contributed by atoms with van der Waals surface area (Å²) in [6.07, 6.45) is -0.216. The molecule has 1 unspecified atom stereocenters. The molecule has 30 heavy (non-hydrogen) atoms. The summed E-state index contributed by atoms with van der Waals surface area (Å²) in [5, 5.41) is 13.8. The molecule has 0 aliphatic carbocycles. The van der Waals surface area contributed by atoms with Crippen LogP contribution < -0.4 is 14.2 Å². The number of amides is 1. The zero-order valence-corrected chi connectivity index (χ0v) is 16.0. The van der Waals surface area contributed by atoms with Gasteiger partial charge in [-0.25, -0.2) is 0 Å². The summed E-state index contributed by atoms with van der Waals surface area (Å²) in [6, 6.07) is 12.6. The molecule has 1 fully saturated rings. The number of hydrogen-bond donors (Lipinski definition) is 1. The number of morpholine rings is 1. The lowest BCUT2D eigenvalue weighted by Crippen LogP contribution is -2.47. The van der Waals surface area contributed by atoms with Gasteiger partial charge in [0.2, 0.25) is 12.6 Å². The van der Waals surface area contributed by atoms with Crippen LogP contribution in [0.4, 0.5) is 0 Å². The van der Waals surface area contributed by atoms with Crippen molar-refractivity contribution in [2.24, 2.45) is 0 Å². The van der Waals surface area contributed by atoms with Crippen molar-refractivity contribution in [1.29, 1.82) is 0 Å². The molecule has 3 aromatic rings. The Morgan fingerprint density at radius 1 is 1.17 bits per heavy atom. The van der Waals surface area contributed by atoms with Crippen LogP contribution in [0.1, 0.15) is 10.4 Å². The van der Waals surface area contributed by atoms with Crippen LogP contribution in [0.15, 0.2) is 42.5 Å². The van der Waals surface area contributed by atoms with Gasteiger partial charge in [-0.2, -0.15) is 5.21 Å². The van der Waals surface area contributed by atoms with Gasteiger partial charge in [0.1, 0.15) is 18.5 Å². The first-order valence-corrected chi connectivity index (χ1v) is 9.53. The molecule has 1 saturated heterocycles. The number of carbonyl (C=O) groups is 1. The maximum Gasteiger partial charge on any atom is 0.254 e. The molecule has 10 nitrogen and oxygen atoms in total. The smallest absolute Gasteiger partial charge is 0.254 e. The number of aromatic nitrogens is 4. The van der Waals surface area contributed by atoms with Gasteiger partial charge < -0.3 is 23.8 Å². The number of tetrazole rings is 1. The first-order valence-electron chi connectivity index (χ1n) is 9.53. The lowest BCUT2D eigenvalue weighted by atomic mass is 10.1. The standard InChI is InChI=1S/C20H19N5O5/c26-20(14-3-1-13(2-4-14)19-21-23-24-22-19)25-7-8-27-16(10-25)11-28-15-5-6-17-18(9-15)30-12-29-17/h1-6,9,16H,7-8,10-12H2,(H,21,22,23,24). The summed E-state index contributed by atoms with van der Waals surface area (Å²) in [7, 11) is 0. The van der Waals surface area contributed by atoms with Crippen molar-refractivity contribution < 1.29 is 23.7 Å². The highest BCUT2D eigenvalue weighted by Crippen LogP contribution is 2.35. The van der Waals surface area contributed by atoms with E-state index >= 15 is 0 Å². The van der Waals surface area contributed by atoms with E-state index in [1.165, 1.54) is 0 Å². The molecule has 0 saturated carbocycles. The summed E-state index contributed by atoms with van der Waals surface area (Å²) < 4.78 is 22.3. The van der Waals surface area contributed by atoms with Crippen LogP contribution in [0.3, 0.4) is 0 Å². The molecule has 154 valence electrons. The molecule has 3 heterocycles. The highest BCUT2D eigenvalue weighted by Gasteiger charge is 2.26. The maximum absolute atomic E-state index is 12.9. The Kier molecular flexibility index (Phi) is 4.89. The van der Waals surface area contributed by atoms with Crippen LogP contribution in [0.25, 0.3) is 11.4 Å². The summed E-state index contributed by atoms with van der Waals surface area (Å²) in [5.41, 5.74) is 1.39. The van der Waals surface area contributed by atoms with Crippen molar-refractivity contribution in [2.75, 3.05) is 33.1 Å². The van der Waals surface area contributed by atoms with Crippen LogP contribution in [0.5, 0.6) is 17.2 Å². The Labute approximate surface area is 171 Å². The Hall–Kier alpha value is -3.66. The quantitative estimate of drug-likeness (QED) is 0.675. The first kappa shape index (κ1) is 18.4. The number of rotatable bonds is 5. The van der Waals surface area contributed by atoms with Crippen molar-refractivity contribution in [2.45, 2.75) is 6.10 Å². The average molecular weight is 409 g/mol. The van der Waals surface area contributed by atoms with Gasteiger partial charge in [-0.3, -0.25) is 4.79 Å². The van der Waals surface area contributed by atoms with Gasteiger partial charge in [-0.05, 0) is 29.5 Å². The number of benzene rings is 2. The van der Waals surface area contributed by atoms with E-state index in [9.17, 15) is 4.79 Å². The third kappa shape index (κ3) is 3.77. The number of nitrogens with one attached hydrogen (secondary N) is 1. The van der Waals surface area contributed by atoms with Crippen LogP contribution in [0, 0.1) is 0 Å². The van der Waals surface area contributed by atoms with Gasteiger partial charge >= 0.3 is 0 Å². The topological polar surface area (TPSA) is 112 Å². The third-order valence-corrected chi connectivity index (χ3v) is 4.94. The molecule has 2 aliphatic rings. The molecule has 1 amide bonds. The first-order chi connectivity index (χ1) is 14.8. The van der Waals surface area contributed by atoms with Gasteiger partial charge in [-0.1, -0.05) is 12.1 Å². The monoisotopic (exact) mass is 409 g/mol. The fraction of sp³-hybridized carbons (Fsp3) is 0.300. The summed E-state index contributed by atoms with van der Waals surface area (Å²) >= 11 is 0. The highest BCUT2D eigenvalue weighted by atomic mass is 16.7. The second kappa shape index (κ2) is 7.99. The molecule has 1 atom stereocenters. The number of H-pyrrole nitrogens is 1. The van der Waals surface area contributed by atoms with Gasteiger partial charge in [0.15, 0.2) is 11.5 Å². The van der Waals surface area contributed by atoms with Gasteiger partial charge in [0, 0.05) is 23.7 Å². The molecule has 1 N–H and O–H groups in total. The number of hydrogen-bond acceptors (Lipinski definition) is 8. The SMILES string of the molecule is O=C(c1ccc(-c2nn[nH]n2)cc1)N1CCOC(COc2ccc3c(c2)OCO3)C1. The molecule has 2 aromatic carbocycles. The van der Waals surface area contributed by atoms with E-state index < -0.39 is 0 Å². The molecule has 10 heteroatoms. The summed E-state index contributed by atoms with van der Waals surface area (Å²) in [5.74, 6) is 2.48. The molecule has 1 aromatic heterocycles. The second-order valence-electron chi connectivity index (χ2n) is 6.88. The lowest BCUT2D eigenvalue weighted by Gasteiger charge is -2.33. The van der Waals surface area contributed by atoms with Crippen molar-refractivity contribution >= 4 is 5.91 Å². The molecule has 0 radical (unpaired) electrons. The number of fused-ring (bicyclic) bond motifs is 1. The van der Waals surface area contributed by atoms with E-state index in [1.54, 1.807) is 35.2 Å². The van der Waals surface area contributed by atoms with E-state index in [2.05, 4.69) is 20.6 Å². The Morgan fingerprint density at radius 2 is 2.03 bits per heavy atom. The van der Waals surface area contributed by atoms with E-state index in [4.69, 9.17) is 18.9 Å². The van der Waals surface area contributed by atoms with Crippen molar-refractivity contribution in [3.8, 4) is 28.6 Å². The van der Waals surface area contributed by atoms with Gasteiger partial charge in [0.25, 0.3) is 5.91 Å². The maximum atomic E-state index is 12.9. The minimum Gasteiger partial charge on any atom is -0.491 e. The lowest BCUT2D eigenvalue weighted by molar-refractivity contribution is -0.0401. The third-order valence-electron chi connectivity index (χ3n) is 4.94. The molecule has 5 rings (SSSR count). The zero-order chi connectivity index (χ0) is 20.3. The van der Waals surface area contributed by atoms with Gasteiger partial charge in [0.05, 0.1) is 13.2 Å². The van der Waals surface area contributed by atoms with Crippen LogP contribution in [0.2, 0.25) is 0 Å². The Bertz CT molecular complexity index is 1020. The molecular weight excluding hydrogens is 390 g/mol. The van der Waals surface area contributed by atoms with Crippen molar-refractivity contribution in [1.82, 2.24) is 25.5 Å². The predicted molar refractivity (Wildman–Crippen MR) is 103 cm³/mol. The number of carbonyl (C=O) groups excluding carboxylic acids is 1. The predicted octanol–water partition coefficient (Wildman–Crippen LogP) is 1.52. The number of ether oxygens (including phenoxy) is 4. The van der Waals surface area contributed by atoms with E-state index in [0.717, 1.165) is 5.56 Å². The molecule has 0 spiro atoms.